The van der Waals surface area contributed by atoms with Crippen molar-refractivity contribution >= 4 is 23.5 Å². The van der Waals surface area contributed by atoms with Gasteiger partial charge >= 0.3 is 0 Å². The molecule has 2 heterocycles. The minimum absolute atomic E-state index is 0.105. The standard InChI is InChI=1S/C8H13N3O2S2/c9-3-5(12)8-10-7(11-13-8)6-4-14-1-2-15-6/h5-6,12H,1-4,9H2. The summed E-state index contributed by atoms with van der Waals surface area (Å²) < 4.78 is 4.96. The Morgan fingerprint density at radius 1 is 1.60 bits per heavy atom. The fraction of sp³-hybridized carbons (Fsp3) is 0.750. The van der Waals surface area contributed by atoms with Gasteiger partial charge in [0.15, 0.2) is 5.82 Å². The lowest BCUT2D eigenvalue weighted by molar-refractivity contribution is 0.141. The third-order valence-corrected chi connectivity index (χ3v) is 4.82. The van der Waals surface area contributed by atoms with E-state index in [4.69, 9.17) is 10.3 Å². The van der Waals surface area contributed by atoms with E-state index in [1.165, 1.54) is 5.75 Å². The molecule has 2 unspecified atom stereocenters. The van der Waals surface area contributed by atoms with Gasteiger partial charge in [0.25, 0.3) is 5.89 Å². The summed E-state index contributed by atoms with van der Waals surface area (Å²) in [6.07, 6.45) is -0.840. The first-order chi connectivity index (χ1) is 7.31. The number of nitrogens with zero attached hydrogens (tertiary/aromatic N) is 2. The van der Waals surface area contributed by atoms with Crippen LogP contribution in [0, 0.1) is 0 Å². The molecule has 1 aromatic rings. The van der Waals surface area contributed by atoms with Gasteiger partial charge in [0, 0.05) is 23.8 Å². The molecule has 7 heteroatoms. The van der Waals surface area contributed by atoms with Crippen molar-refractivity contribution in [2.75, 3.05) is 23.8 Å². The number of aliphatic hydroxyl groups excluding tert-OH is 1. The van der Waals surface area contributed by atoms with Gasteiger partial charge in [-0.05, 0) is 0 Å². The van der Waals surface area contributed by atoms with Crippen molar-refractivity contribution in [3.63, 3.8) is 0 Å². The summed E-state index contributed by atoms with van der Waals surface area (Å²) in [5, 5.41) is 13.6. The summed E-state index contributed by atoms with van der Waals surface area (Å²) in [5.41, 5.74) is 5.30. The third kappa shape index (κ3) is 2.66. The summed E-state index contributed by atoms with van der Waals surface area (Å²) in [7, 11) is 0. The number of rotatable bonds is 3. The lowest BCUT2D eigenvalue weighted by atomic mass is 10.3. The topological polar surface area (TPSA) is 85.2 Å². The average Bonchev–Trinajstić information content (AvgIpc) is 2.78. The third-order valence-electron chi connectivity index (χ3n) is 2.07. The Kier molecular flexibility index (Phi) is 3.90. The molecule has 0 spiro atoms. The SMILES string of the molecule is NCC(O)c1nc(C2CSCCS2)no1. The van der Waals surface area contributed by atoms with Crippen molar-refractivity contribution in [3.05, 3.63) is 11.7 Å². The number of nitrogens with two attached hydrogens (primary N) is 1. The Balaban J connectivity index is 2.05. The van der Waals surface area contributed by atoms with Crippen LogP contribution < -0.4 is 5.73 Å². The molecule has 0 radical (unpaired) electrons. The van der Waals surface area contributed by atoms with E-state index in [1.807, 2.05) is 23.5 Å². The summed E-state index contributed by atoms with van der Waals surface area (Å²) >= 11 is 3.72. The fourth-order valence-electron chi connectivity index (χ4n) is 1.25. The van der Waals surface area contributed by atoms with Crippen LogP contribution in [0.5, 0.6) is 0 Å². The summed E-state index contributed by atoms with van der Waals surface area (Å²) in [5.74, 6) is 4.19. The molecule has 1 aromatic heterocycles. The highest BCUT2D eigenvalue weighted by Crippen LogP contribution is 2.35. The highest BCUT2D eigenvalue weighted by atomic mass is 32.2. The molecule has 0 aliphatic carbocycles. The summed E-state index contributed by atoms with van der Waals surface area (Å²) in [6.45, 7) is 0.105. The Bertz CT molecular complexity index is 315. The molecule has 2 rings (SSSR count). The normalized spacial score (nSPS) is 24.0. The highest BCUT2D eigenvalue weighted by molar-refractivity contribution is 8.06. The van der Waals surface area contributed by atoms with Crippen molar-refractivity contribution in [1.29, 1.82) is 0 Å². The Morgan fingerprint density at radius 3 is 3.13 bits per heavy atom. The van der Waals surface area contributed by atoms with E-state index in [0.29, 0.717) is 5.82 Å². The van der Waals surface area contributed by atoms with Crippen LogP contribution in [-0.4, -0.2) is 39.1 Å². The second-order valence-electron chi connectivity index (χ2n) is 3.18. The molecule has 84 valence electrons. The van der Waals surface area contributed by atoms with Crippen LogP contribution in [0.2, 0.25) is 0 Å². The van der Waals surface area contributed by atoms with Crippen LogP contribution in [0.3, 0.4) is 0 Å². The molecule has 2 atom stereocenters. The predicted molar refractivity (Wildman–Crippen MR) is 60.8 cm³/mol. The molecule has 0 aromatic carbocycles. The van der Waals surface area contributed by atoms with E-state index in [1.54, 1.807) is 0 Å². The summed E-state index contributed by atoms with van der Waals surface area (Å²) in [4.78, 5) is 4.16. The zero-order valence-corrected chi connectivity index (χ0v) is 9.76. The van der Waals surface area contributed by atoms with Gasteiger partial charge in [-0.3, -0.25) is 0 Å². The van der Waals surface area contributed by atoms with Crippen molar-refractivity contribution in [2.45, 2.75) is 11.4 Å². The zero-order valence-electron chi connectivity index (χ0n) is 8.13. The van der Waals surface area contributed by atoms with Crippen molar-refractivity contribution in [3.8, 4) is 0 Å². The van der Waals surface area contributed by atoms with Crippen LogP contribution in [0.15, 0.2) is 4.52 Å². The molecule has 0 bridgehead atoms. The lowest BCUT2D eigenvalue weighted by Gasteiger charge is -2.17. The van der Waals surface area contributed by atoms with Gasteiger partial charge < -0.3 is 15.4 Å². The maximum Gasteiger partial charge on any atom is 0.256 e. The van der Waals surface area contributed by atoms with Crippen LogP contribution in [-0.2, 0) is 0 Å². The first kappa shape index (κ1) is 11.3. The van der Waals surface area contributed by atoms with Gasteiger partial charge in [-0.1, -0.05) is 5.16 Å². The van der Waals surface area contributed by atoms with Crippen molar-refractivity contribution < 1.29 is 9.63 Å². The molecule has 1 aliphatic rings. The van der Waals surface area contributed by atoms with E-state index in [2.05, 4.69) is 10.1 Å². The van der Waals surface area contributed by atoms with Gasteiger partial charge in [-0.15, -0.1) is 11.8 Å². The lowest BCUT2D eigenvalue weighted by Crippen LogP contribution is -2.12. The molecule has 0 saturated carbocycles. The van der Waals surface area contributed by atoms with Crippen LogP contribution >= 0.6 is 23.5 Å². The Morgan fingerprint density at radius 2 is 2.47 bits per heavy atom. The minimum atomic E-state index is -0.840. The average molecular weight is 247 g/mol. The monoisotopic (exact) mass is 247 g/mol. The fourth-order valence-corrected chi connectivity index (χ4v) is 3.84. The molecule has 3 N–H and O–H groups in total. The van der Waals surface area contributed by atoms with Crippen molar-refractivity contribution in [1.82, 2.24) is 10.1 Å². The molecule has 15 heavy (non-hydrogen) atoms. The molecule has 1 fully saturated rings. The molecule has 1 saturated heterocycles. The smallest absolute Gasteiger partial charge is 0.256 e. The van der Waals surface area contributed by atoms with Crippen LogP contribution in [0.4, 0.5) is 0 Å². The summed E-state index contributed by atoms with van der Waals surface area (Å²) in [6, 6.07) is 0. The van der Waals surface area contributed by atoms with E-state index in [9.17, 15) is 5.11 Å². The van der Waals surface area contributed by atoms with Crippen LogP contribution in [0.1, 0.15) is 23.1 Å². The predicted octanol–water partition coefficient (Wildman–Crippen LogP) is 0.583. The number of thioether (sulfide) groups is 2. The Labute approximate surface area is 96.2 Å². The quantitative estimate of drug-likeness (QED) is 0.808. The Hall–Kier alpha value is -0.240. The minimum Gasteiger partial charge on any atom is -0.382 e. The molecule has 1 aliphatic heterocycles. The first-order valence-electron chi connectivity index (χ1n) is 4.72. The molecular weight excluding hydrogens is 234 g/mol. The highest BCUT2D eigenvalue weighted by Gasteiger charge is 2.23. The number of hydrogen-bond acceptors (Lipinski definition) is 7. The van der Waals surface area contributed by atoms with Gasteiger partial charge in [0.05, 0.1) is 5.25 Å². The van der Waals surface area contributed by atoms with Crippen molar-refractivity contribution in [2.24, 2.45) is 5.73 Å². The maximum atomic E-state index is 9.41. The van der Waals surface area contributed by atoms with Gasteiger partial charge in [-0.2, -0.15) is 16.7 Å². The van der Waals surface area contributed by atoms with E-state index in [-0.39, 0.29) is 17.7 Å². The van der Waals surface area contributed by atoms with E-state index in [0.717, 1.165) is 11.5 Å². The van der Waals surface area contributed by atoms with Gasteiger partial charge in [0.2, 0.25) is 0 Å². The molecular formula is C8H13N3O2S2. The largest absolute Gasteiger partial charge is 0.382 e. The number of aliphatic hydroxyl groups is 1. The zero-order chi connectivity index (χ0) is 10.7. The van der Waals surface area contributed by atoms with Gasteiger partial charge in [0.1, 0.15) is 6.10 Å². The number of aromatic nitrogens is 2. The van der Waals surface area contributed by atoms with E-state index < -0.39 is 6.10 Å². The van der Waals surface area contributed by atoms with Gasteiger partial charge in [-0.25, -0.2) is 0 Å². The van der Waals surface area contributed by atoms with Crippen LogP contribution in [0.25, 0.3) is 0 Å². The van der Waals surface area contributed by atoms with E-state index >= 15 is 0 Å². The first-order valence-corrected chi connectivity index (χ1v) is 6.92. The maximum absolute atomic E-state index is 9.41. The second-order valence-corrected chi connectivity index (χ2v) is 5.64. The molecule has 0 amide bonds. The second kappa shape index (κ2) is 5.20. The number of hydrogen-bond donors (Lipinski definition) is 2. The molecule has 5 nitrogen and oxygen atoms in total.